The molecule has 0 aliphatic carbocycles. The van der Waals surface area contributed by atoms with E-state index in [0.717, 1.165) is 5.56 Å². The maximum Gasteiger partial charge on any atom is 0.407 e. The Bertz CT molecular complexity index is 289. The number of amides is 1. The maximum absolute atomic E-state index is 11.0. The van der Waals surface area contributed by atoms with Gasteiger partial charge in [-0.05, 0) is 5.56 Å². The van der Waals surface area contributed by atoms with Gasteiger partial charge in [0.15, 0.2) is 0 Å². The summed E-state index contributed by atoms with van der Waals surface area (Å²) < 4.78 is 5.05. The summed E-state index contributed by atoms with van der Waals surface area (Å²) >= 11 is 5.70. The number of halogens is 1. The fourth-order valence-electron chi connectivity index (χ4n) is 1.04. The van der Waals surface area contributed by atoms with Crippen molar-refractivity contribution in [3.63, 3.8) is 0 Å². The minimum absolute atomic E-state index is 0.247. The highest BCUT2D eigenvalue weighted by atomic mass is 35.5. The lowest BCUT2D eigenvalue weighted by Crippen LogP contribution is -2.22. The van der Waals surface area contributed by atoms with Crippen molar-refractivity contribution in [2.45, 2.75) is 6.10 Å². The molecular formula is C10H12ClNO2. The van der Waals surface area contributed by atoms with Crippen molar-refractivity contribution in [3.05, 3.63) is 35.9 Å². The smallest absolute Gasteiger partial charge is 0.407 e. The van der Waals surface area contributed by atoms with E-state index >= 15 is 0 Å². The third-order valence-electron chi connectivity index (χ3n) is 1.76. The number of alkyl carbamates (subject to hydrolysis) is 1. The number of rotatable bonds is 3. The third-order valence-corrected chi connectivity index (χ3v) is 2.05. The zero-order chi connectivity index (χ0) is 10.4. The molecular weight excluding hydrogens is 202 g/mol. The maximum atomic E-state index is 11.0. The highest BCUT2D eigenvalue weighted by Gasteiger charge is 2.13. The highest BCUT2D eigenvalue weighted by Crippen LogP contribution is 2.18. The van der Waals surface area contributed by atoms with Gasteiger partial charge in [0.05, 0.1) is 5.88 Å². The van der Waals surface area contributed by atoms with Crippen LogP contribution in [-0.4, -0.2) is 19.0 Å². The van der Waals surface area contributed by atoms with Gasteiger partial charge in [-0.2, -0.15) is 0 Å². The molecule has 0 saturated heterocycles. The van der Waals surface area contributed by atoms with Gasteiger partial charge in [-0.1, -0.05) is 30.3 Å². The fraction of sp³-hybridized carbons (Fsp3) is 0.300. The molecule has 76 valence electrons. The second kappa shape index (κ2) is 5.50. The van der Waals surface area contributed by atoms with E-state index in [0.29, 0.717) is 0 Å². The van der Waals surface area contributed by atoms with Gasteiger partial charge in [0, 0.05) is 7.05 Å². The lowest BCUT2D eigenvalue weighted by atomic mass is 10.1. The fourth-order valence-corrected chi connectivity index (χ4v) is 1.29. The van der Waals surface area contributed by atoms with Crippen LogP contribution >= 0.6 is 11.6 Å². The number of alkyl halides is 1. The molecule has 3 nitrogen and oxygen atoms in total. The van der Waals surface area contributed by atoms with Crippen molar-refractivity contribution in [2.24, 2.45) is 0 Å². The highest BCUT2D eigenvalue weighted by molar-refractivity contribution is 6.18. The zero-order valence-corrected chi connectivity index (χ0v) is 8.62. The Morgan fingerprint density at radius 2 is 2.14 bits per heavy atom. The molecule has 1 amide bonds. The molecule has 1 atom stereocenters. The van der Waals surface area contributed by atoms with Crippen LogP contribution in [0.5, 0.6) is 0 Å². The zero-order valence-electron chi connectivity index (χ0n) is 7.87. The van der Waals surface area contributed by atoms with E-state index in [4.69, 9.17) is 16.3 Å². The summed E-state index contributed by atoms with van der Waals surface area (Å²) in [4.78, 5) is 11.0. The predicted molar refractivity (Wildman–Crippen MR) is 55.4 cm³/mol. The first-order valence-corrected chi connectivity index (χ1v) is 4.80. The molecule has 0 unspecified atom stereocenters. The Kier molecular flexibility index (Phi) is 4.26. The molecule has 0 radical (unpaired) electrons. The summed E-state index contributed by atoms with van der Waals surface area (Å²) in [5.74, 6) is 0.247. The number of nitrogens with one attached hydrogen (secondary N) is 1. The summed E-state index contributed by atoms with van der Waals surface area (Å²) in [7, 11) is 1.51. The normalized spacial score (nSPS) is 11.9. The molecule has 4 heteroatoms. The molecule has 1 aromatic rings. The average molecular weight is 214 g/mol. The second-order valence-electron chi connectivity index (χ2n) is 2.71. The van der Waals surface area contributed by atoms with E-state index in [1.54, 1.807) is 0 Å². The molecule has 0 saturated carbocycles. The van der Waals surface area contributed by atoms with Crippen LogP contribution in [0.2, 0.25) is 0 Å². The molecule has 0 heterocycles. The minimum atomic E-state index is -0.473. The van der Waals surface area contributed by atoms with Crippen LogP contribution in [0.15, 0.2) is 30.3 Å². The summed E-state index contributed by atoms with van der Waals surface area (Å²) in [6, 6.07) is 9.39. The average Bonchev–Trinajstić information content (AvgIpc) is 2.26. The first kappa shape index (κ1) is 10.9. The van der Waals surface area contributed by atoms with E-state index < -0.39 is 12.2 Å². The van der Waals surface area contributed by atoms with Gasteiger partial charge in [0.2, 0.25) is 0 Å². The quantitative estimate of drug-likeness (QED) is 0.783. The molecule has 0 aromatic heterocycles. The number of carbonyl (C=O) groups excluding carboxylic acids is 1. The van der Waals surface area contributed by atoms with E-state index in [1.807, 2.05) is 30.3 Å². The van der Waals surface area contributed by atoms with Crippen molar-refractivity contribution in [1.82, 2.24) is 5.32 Å². The van der Waals surface area contributed by atoms with Gasteiger partial charge in [-0.3, -0.25) is 0 Å². The lowest BCUT2D eigenvalue weighted by Gasteiger charge is -2.14. The summed E-state index contributed by atoms with van der Waals surface area (Å²) in [5, 5.41) is 2.38. The van der Waals surface area contributed by atoms with E-state index in [1.165, 1.54) is 7.05 Å². The Hall–Kier alpha value is -1.22. The van der Waals surface area contributed by atoms with Crippen LogP contribution in [0, 0.1) is 0 Å². The third kappa shape index (κ3) is 2.92. The topological polar surface area (TPSA) is 38.3 Å². The van der Waals surface area contributed by atoms with Crippen LogP contribution < -0.4 is 5.32 Å². The monoisotopic (exact) mass is 213 g/mol. The molecule has 0 fully saturated rings. The van der Waals surface area contributed by atoms with Crippen LogP contribution in [0.4, 0.5) is 4.79 Å². The molecule has 1 aromatic carbocycles. The van der Waals surface area contributed by atoms with Crippen LogP contribution in [0.3, 0.4) is 0 Å². The lowest BCUT2D eigenvalue weighted by molar-refractivity contribution is 0.111. The van der Waals surface area contributed by atoms with Gasteiger partial charge in [0.1, 0.15) is 6.10 Å². The Labute approximate surface area is 88.0 Å². The summed E-state index contributed by atoms with van der Waals surface area (Å²) in [6.45, 7) is 0. The Morgan fingerprint density at radius 1 is 1.50 bits per heavy atom. The van der Waals surface area contributed by atoms with Crippen molar-refractivity contribution in [3.8, 4) is 0 Å². The van der Waals surface area contributed by atoms with Crippen molar-refractivity contribution in [1.29, 1.82) is 0 Å². The first-order chi connectivity index (χ1) is 6.77. The van der Waals surface area contributed by atoms with Crippen LogP contribution in [0.1, 0.15) is 11.7 Å². The van der Waals surface area contributed by atoms with Gasteiger partial charge in [0.25, 0.3) is 0 Å². The Balaban J connectivity index is 2.68. The molecule has 0 bridgehead atoms. The van der Waals surface area contributed by atoms with E-state index in [9.17, 15) is 4.79 Å². The molecule has 1 N–H and O–H groups in total. The van der Waals surface area contributed by atoms with E-state index in [2.05, 4.69) is 5.32 Å². The molecule has 14 heavy (non-hydrogen) atoms. The van der Waals surface area contributed by atoms with Crippen LogP contribution in [0.25, 0.3) is 0 Å². The van der Waals surface area contributed by atoms with Crippen molar-refractivity contribution >= 4 is 17.7 Å². The van der Waals surface area contributed by atoms with Crippen molar-refractivity contribution < 1.29 is 9.53 Å². The summed E-state index contributed by atoms with van der Waals surface area (Å²) in [5.41, 5.74) is 0.895. The SMILES string of the molecule is CNC(=O)O[C@H](CCl)c1ccccc1. The molecule has 0 aliphatic heterocycles. The standard InChI is InChI=1S/C10H12ClNO2/c1-12-10(13)14-9(7-11)8-5-3-2-4-6-8/h2-6,9H,7H2,1H3,(H,12,13)/t9-/m1/s1. The minimum Gasteiger partial charge on any atom is -0.440 e. The molecule has 0 spiro atoms. The molecule has 0 aliphatic rings. The predicted octanol–water partition coefficient (Wildman–Crippen LogP) is 2.32. The van der Waals surface area contributed by atoms with E-state index in [-0.39, 0.29) is 5.88 Å². The second-order valence-corrected chi connectivity index (χ2v) is 3.02. The van der Waals surface area contributed by atoms with Crippen LogP contribution in [-0.2, 0) is 4.74 Å². The number of hydrogen-bond acceptors (Lipinski definition) is 2. The number of carbonyl (C=O) groups is 1. The number of benzene rings is 1. The number of hydrogen-bond donors (Lipinski definition) is 1. The first-order valence-electron chi connectivity index (χ1n) is 4.27. The van der Waals surface area contributed by atoms with Gasteiger partial charge >= 0.3 is 6.09 Å². The van der Waals surface area contributed by atoms with Gasteiger partial charge in [-0.25, -0.2) is 4.79 Å². The molecule has 1 rings (SSSR count). The largest absolute Gasteiger partial charge is 0.440 e. The van der Waals surface area contributed by atoms with Gasteiger partial charge in [-0.15, -0.1) is 11.6 Å². The van der Waals surface area contributed by atoms with Gasteiger partial charge < -0.3 is 10.1 Å². The van der Waals surface area contributed by atoms with Crippen molar-refractivity contribution in [2.75, 3.05) is 12.9 Å². The Morgan fingerprint density at radius 3 is 2.64 bits per heavy atom. The number of ether oxygens (including phenoxy) is 1. The summed E-state index contributed by atoms with van der Waals surface area (Å²) in [6.07, 6.45) is -0.864.